The standard InChI is InChI=1S/C19H20O7/c1-4-5-6-7-11-23-18-17(25-13(3)21)14-9-8-10-15(24-12(2)20)16(14)26-19(18)22/h5-6,8-10H,4,7,11H2,1-3H3. The Bertz CT molecular complexity index is 893. The van der Waals surface area contributed by atoms with Gasteiger partial charge in [-0.2, -0.15) is 0 Å². The summed E-state index contributed by atoms with van der Waals surface area (Å²) >= 11 is 0. The summed E-state index contributed by atoms with van der Waals surface area (Å²) in [6.45, 7) is 4.66. The van der Waals surface area contributed by atoms with E-state index in [9.17, 15) is 14.4 Å². The van der Waals surface area contributed by atoms with E-state index in [0.717, 1.165) is 6.42 Å². The van der Waals surface area contributed by atoms with Crippen LogP contribution in [0.1, 0.15) is 33.6 Å². The monoisotopic (exact) mass is 360 g/mol. The van der Waals surface area contributed by atoms with Crippen LogP contribution in [0.4, 0.5) is 0 Å². The van der Waals surface area contributed by atoms with E-state index in [1.807, 2.05) is 19.1 Å². The third-order valence-corrected chi connectivity index (χ3v) is 3.24. The summed E-state index contributed by atoms with van der Waals surface area (Å²) in [5, 5.41) is 0.289. The van der Waals surface area contributed by atoms with E-state index >= 15 is 0 Å². The SMILES string of the molecule is CCC=CCCOc1c(OC(C)=O)c2cccc(OC(C)=O)c2oc1=O. The van der Waals surface area contributed by atoms with Crippen molar-refractivity contribution in [1.29, 1.82) is 0 Å². The van der Waals surface area contributed by atoms with Crippen molar-refractivity contribution in [3.05, 3.63) is 40.8 Å². The molecular formula is C19H20O7. The zero-order chi connectivity index (χ0) is 19.1. The summed E-state index contributed by atoms with van der Waals surface area (Å²) in [4.78, 5) is 35.1. The molecule has 0 saturated carbocycles. The maximum atomic E-state index is 12.4. The van der Waals surface area contributed by atoms with Crippen molar-refractivity contribution in [2.24, 2.45) is 0 Å². The van der Waals surface area contributed by atoms with E-state index in [-0.39, 0.29) is 34.8 Å². The Morgan fingerprint density at radius 3 is 2.46 bits per heavy atom. The predicted molar refractivity (Wildman–Crippen MR) is 94.6 cm³/mol. The highest BCUT2D eigenvalue weighted by molar-refractivity contribution is 5.93. The highest BCUT2D eigenvalue weighted by Gasteiger charge is 2.22. The van der Waals surface area contributed by atoms with Crippen LogP contribution in [0.15, 0.2) is 39.6 Å². The molecule has 7 heteroatoms. The Balaban J connectivity index is 2.52. The molecule has 2 aromatic rings. The summed E-state index contributed by atoms with van der Waals surface area (Å²) in [6.07, 6.45) is 5.38. The summed E-state index contributed by atoms with van der Waals surface area (Å²) in [5.74, 6) is -1.39. The van der Waals surface area contributed by atoms with Crippen molar-refractivity contribution in [2.75, 3.05) is 6.61 Å². The Kier molecular flexibility index (Phi) is 6.54. The number of fused-ring (bicyclic) bond motifs is 1. The van der Waals surface area contributed by atoms with Crippen LogP contribution in [0.25, 0.3) is 11.0 Å². The number of carbonyl (C=O) groups is 2. The quantitative estimate of drug-likeness (QED) is 0.246. The number of carbonyl (C=O) groups excluding carboxylic acids is 2. The van der Waals surface area contributed by atoms with Gasteiger partial charge in [-0.05, 0) is 25.0 Å². The van der Waals surface area contributed by atoms with Gasteiger partial charge in [-0.15, -0.1) is 0 Å². The molecule has 0 spiro atoms. The molecule has 0 N–H and O–H groups in total. The largest absolute Gasteiger partial charge is 0.484 e. The lowest BCUT2D eigenvalue weighted by molar-refractivity contribution is -0.132. The Morgan fingerprint density at radius 1 is 1.08 bits per heavy atom. The first kappa shape index (κ1) is 19.2. The van der Waals surface area contributed by atoms with Crippen molar-refractivity contribution in [3.63, 3.8) is 0 Å². The van der Waals surface area contributed by atoms with E-state index in [1.54, 1.807) is 12.1 Å². The van der Waals surface area contributed by atoms with Gasteiger partial charge in [0.15, 0.2) is 17.1 Å². The molecule has 0 saturated heterocycles. The smallest absolute Gasteiger partial charge is 0.383 e. The van der Waals surface area contributed by atoms with Gasteiger partial charge in [0.25, 0.3) is 0 Å². The fourth-order valence-electron chi connectivity index (χ4n) is 2.27. The maximum absolute atomic E-state index is 12.4. The molecule has 0 aliphatic heterocycles. The van der Waals surface area contributed by atoms with Gasteiger partial charge in [-0.25, -0.2) is 4.79 Å². The number of rotatable bonds is 7. The Labute approximate surface area is 150 Å². The van der Waals surface area contributed by atoms with E-state index in [1.165, 1.54) is 19.9 Å². The van der Waals surface area contributed by atoms with Crippen molar-refractivity contribution in [2.45, 2.75) is 33.6 Å². The van der Waals surface area contributed by atoms with Crippen LogP contribution < -0.4 is 19.8 Å². The topological polar surface area (TPSA) is 92.0 Å². The average molecular weight is 360 g/mol. The maximum Gasteiger partial charge on any atom is 0.383 e. The van der Waals surface area contributed by atoms with Gasteiger partial charge in [-0.3, -0.25) is 9.59 Å². The molecule has 0 unspecified atom stereocenters. The lowest BCUT2D eigenvalue weighted by Gasteiger charge is -2.12. The number of hydrogen-bond donors (Lipinski definition) is 0. The molecule has 0 bridgehead atoms. The lowest BCUT2D eigenvalue weighted by atomic mass is 10.2. The number of hydrogen-bond acceptors (Lipinski definition) is 7. The van der Waals surface area contributed by atoms with E-state index in [0.29, 0.717) is 6.42 Å². The normalized spacial score (nSPS) is 10.9. The summed E-state index contributed by atoms with van der Waals surface area (Å²) in [5.41, 5.74) is -0.824. The Morgan fingerprint density at radius 2 is 1.81 bits per heavy atom. The molecule has 26 heavy (non-hydrogen) atoms. The third kappa shape index (κ3) is 4.72. The minimum atomic E-state index is -0.826. The van der Waals surface area contributed by atoms with Crippen LogP contribution in [0.3, 0.4) is 0 Å². The molecule has 0 aliphatic carbocycles. The van der Waals surface area contributed by atoms with Crippen LogP contribution in [-0.2, 0) is 9.59 Å². The third-order valence-electron chi connectivity index (χ3n) is 3.24. The predicted octanol–water partition coefficient (Wildman–Crippen LogP) is 3.38. The van der Waals surface area contributed by atoms with Crippen LogP contribution in [0.5, 0.6) is 17.2 Å². The van der Waals surface area contributed by atoms with Gasteiger partial charge >= 0.3 is 17.6 Å². The number of esters is 2. The van der Waals surface area contributed by atoms with Gasteiger partial charge in [-0.1, -0.05) is 25.1 Å². The van der Waals surface area contributed by atoms with Crippen LogP contribution in [0.2, 0.25) is 0 Å². The fraction of sp³-hybridized carbons (Fsp3) is 0.316. The van der Waals surface area contributed by atoms with Gasteiger partial charge in [0.05, 0.1) is 12.0 Å². The molecule has 0 aliphatic rings. The Hall–Kier alpha value is -3.09. The van der Waals surface area contributed by atoms with Gasteiger partial charge < -0.3 is 18.6 Å². The van der Waals surface area contributed by atoms with Gasteiger partial charge in [0, 0.05) is 13.8 Å². The molecular weight excluding hydrogens is 340 g/mol. The minimum absolute atomic E-state index is 0.00202. The molecule has 0 fully saturated rings. The average Bonchev–Trinajstić information content (AvgIpc) is 2.56. The summed E-state index contributed by atoms with van der Waals surface area (Å²) in [6, 6.07) is 4.63. The second-order valence-corrected chi connectivity index (χ2v) is 5.38. The molecule has 1 heterocycles. The second-order valence-electron chi connectivity index (χ2n) is 5.38. The lowest BCUT2D eigenvalue weighted by Crippen LogP contribution is -2.13. The van der Waals surface area contributed by atoms with Crippen LogP contribution in [-0.4, -0.2) is 18.5 Å². The first-order chi connectivity index (χ1) is 12.4. The minimum Gasteiger partial charge on any atom is -0.484 e. The summed E-state index contributed by atoms with van der Waals surface area (Å²) in [7, 11) is 0. The highest BCUT2D eigenvalue weighted by atomic mass is 16.6. The van der Waals surface area contributed by atoms with Gasteiger partial charge in [0.1, 0.15) is 0 Å². The molecule has 1 aromatic heterocycles. The second kappa shape index (κ2) is 8.84. The molecule has 2 rings (SSSR count). The number of allylic oxidation sites excluding steroid dienone is 1. The molecule has 0 radical (unpaired) electrons. The van der Waals surface area contributed by atoms with E-state index < -0.39 is 17.6 Å². The highest BCUT2D eigenvalue weighted by Crippen LogP contribution is 2.37. The fourth-order valence-corrected chi connectivity index (χ4v) is 2.27. The van der Waals surface area contributed by atoms with E-state index in [4.69, 9.17) is 18.6 Å². The number of para-hydroxylation sites is 1. The molecule has 0 amide bonds. The van der Waals surface area contributed by atoms with E-state index in [2.05, 4.69) is 0 Å². The van der Waals surface area contributed by atoms with Crippen molar-refractivity contribution < 1.29 is 28.2 Å². The van der Waals surface area contributed by atoms with Crippen molar-refractivity contribution in [1.82, 2.24) is 0 Å². The molecule has 7 nitrogen and oxygen atoms in total. The molecule has 1 aromatic carbocycles. The van der Waals surface area contributed by atoms with Crippen LogP contribution >= 0.6 is 0 Å². The molecule has 0 atom stereocenters. The first-order valence-corrected chi connectivity index (χ1v) is 8.18. The van der Waals surface area contributed by atoms with Gasteiger partial charge in [0.2, 0.25) is 5.75 Å². The van der Waals surface area contributed by atoms with Crippen molar-refractivity contribution in [3.8, 4) is 17.2 Å². The summed E-state index contributed by atoms with van der Waals surface area (Å²) < 4.78 is 21.0. The zero-order valence-corrected chi connectivity index (χ0v) is 14.9. The van der Waals surface area contributed by atoms with Crippen LogP contribution in [0, 0.1) is 0 Å². The first-order valence-electron chi connectivity index (χ1n) is 8.18. The number of ether oxygens (including phenoxy) is 3. The zero-order valence-electron chi connectivity index (χ0n) is 14.9. The van der Waals surface area contributed by atoms with Crippen molar-refractivity contribution >= 4 is 22.9 Å². The molecule has 138 valence electrons. The number of benzene rings is 1.